The Bertz CT molecular complexity index is 613. The van der Waals surface area contributed by atoms with Gasteiger partial charge in [-0.2, -0.15) is 0 Å². The van der Waals surface area contributed by atoms with Crippen LogP contribution in [-0.2, 0) is 6.42 Å². The Hall–Kier alpha value is -2.30. The standard InChI is InChI=1S/C14H14FN3O/c1-3-13-16-8-12(9(2)17-13)14(19)18-11-6-4-5-10(15)7-11/h4-8H,3H2,1-2H3,(H,18,19). The number of halogens is 1. The van der Waals surface area contributed by atoms with Gasteiger partial charge in [0.1, 0.15) is 11.6 Å². The predicted molar refractivity (Wildman–Crippen MR) is 70.5 cm³/mol. The smallest absolute Gasteiger partial charge is 0.259 e. The Morgan fingerprint density at radius 2 is 2.21 bits per heavy atom. The molecular weight excluding hydrogens is 245 g/mol. The zero-order valence-corrected chi connectivity index (χ0v) is 10.8. The van der Waals surface area contributed by atoms with E-state index in [-0.39, 0.29) is 5.91 Å². The maximum absolute atomic E-state index is 13.0. The van der Waals surface area contributed by atoms with Crippen molar-refractivity contribution in [2.45, 2.75) is 20.3 Å². The molecule has 1 heterocycles. The van der Waals surface area contributed by atoms with Crippen molar-refractivity contribution in [2.24, 2.45) is 0 Å². The predicted octanol–water partition coefficient (Wildman–Crippen LogP) is 2.74. The second kappa shape index (κ2) is 5.56. The lowest BCUT2D eigenvalue weighted by atomic mass is 10.2. The number of carbonyl (C=O) groups excluding carboxylic acids is 1. The number of hydrogen-bond donors (Lipinski definition) is 1. The fourth-order valence-electron chi connectivity index (χ4n) is 1.67. The highest BCUT2D eigenvalue weighted by atomic mass is 19.1. The van der Waals surface area contributed by atoms with Crippen LogP contribution in [0.2, 0.25) is 0 Å². The van der Waals surface area contributed by atoms with Crippen LogP contribution < -0.4 is 5.32 Å². The second-order valence-corrected chi connectivity index (χ2v) is 4.10. The first-order valence-electron chi connectivity index (χ1n) is 5.99. The lowest BCUT2D eigenvalue weighted by Crippen LogP contribution is -2.15. The number of carbonyl (C=O) groups is 1. The summed E-state index contributed by atoms with van der Waals surface area (Å²) < 4.78 is 13.0. The molecule has 0 saturated carbocycles. The highest BCUT2D eigenvalue weighted by Gasteiger charge is 2.11. The maximum Gasteiger partial charge on any atom is 0.259 e. The van der Waals surface area contributed by atoms with Crippen LogP contribution in [0.4, 0.5) is 10.1 Å². The summed E-state index contributed by atoms with van der Waals surface area (Å²) in [6, 6.07) is 5.74. The number of amides is 1. The lowest BCUT2D eigenvalue weighted by molar-refractivity contribution is 0.102. The number of anilines is 1. The van der Waals surface area contributed by atoms with Gasteiger partial charge < -0.3 is 5.32 Å². The van der Waals surface area contributed by atoms with Gasteiger partial charge in [-0.1, -0.05) is 13.0 Å². The minimum atomic E-state index is -0.396. The van der Waals surface area contributed by atoms with Gasteiger partial charge in [0.25, 0.3) is 5.91 Å². The Morgan fingerprint density at radius 3 is 2.84 bits per heavy atom. The molecule has 0 aliphatic rings. The molecule has 1 aromatic heterocycles. The summed E-state index contributed by atoms with van der Waals surface area (Å²) in [5.74, 6) is -0.0438. The summed E-state index contributed by atoms with van der Waals surface area (Å²) in [6.07, 6.45) is 2.21. The second-order valence-electron chi connectivity index (χ2n) is 4.10. The van der Waals surface area contributed by atoms with Crippen molar-refractivity contribution in [3.8, 4) is 0 Å². The first-order valence-corrected chi connectivity index (χ1v) is 5.99. The summed E-state index contributed by atoms with van der Waals surface area (Å²) in [6.45, 7) is 3.70. The number of nitrogens with one attached hydrogen (secondary N) is 1. The number of nitrogens with zero attached hydrogens (tertiary/aromatic N) is 2. The van der Waals surface area contributed by atoms with E-state index in [2.05, 4.69) is 15.3 Å². The summed E-state index contributed by atoms with van der Waals surface area (Å²) in [5, 5.41) is 2.62. The zero-order chi connectivity index (χ0) is 13.8. The van der Waals surface area contributed by atoms with Crippen LogP contribution in [0, 0.1) is 12.7 Å². The summed E-state index contributed by atoms with van der Waals surface area (Å²) in [4.78, 5) is 20.4. The van der Waals surface area contributed by atoms with E-state index in [1.165, 1.54) is 24.4 Å². The molecule has 0 atom stereocenters. The van der Waals surface area contributed by atoms with E-state index in [9.17, 15) is 9.18 Å². The molecule has 0 fully saturated rings. The fourth-order valence-corrected chi connectivity index (χ4v) is 1.67. The normalized spacial score (nSPS) is 10.3. The third-order valence-electron chi connectivity index (χ3n) is 2.67. The summed E-state index contributed by atoms with van der Waals surface area (Å²) in [5.41, 5.74) is 1.41. The van der Waals surface area contributed by atoms with Crippen molar-refractivity contribution >= 4 is 11.6 Å². The number of rotatable bonds is 3. The molecule has 5 heteroatoms. The molecule has 1 aromatic carbocycles. The quantitative estimate of drug-likeness (QED) is 0.922. The molecule has 0 bridgehead atoms. The van der Waals surface area contributed by atoms with Crippen molar-refractivity contribution in [1.82, 2.24) is 9.97 Å². The molecule has 19 heavy (non-hydrogen) atoms. The Labute approximate surface area is 110 Å². The zero-order valence-electron chi connectivity index (χ0n) is 10.8. The first-order chi connectivity index (χ1) is 9.10. The molecule has 98 valence electrons. The molecule has 0 aliphatic heterocycles. The highest BCUT2D eigenvalue weighted by molar-refractivity contribution is 6.04. The van der Waals surface area contributed by atoms with Gasteiger partial charge in [-0.15, -0.1) is 0 Å². The van der Waals surface area contributed by atoms with Gasteiger partial charge in [-0.3, -0.25) is 4.79 Å². The molecule has 0 spiro atoms. The van der Waals surface area contributed by atoms with Gasteiger partial charge in [0, 0.05) is 18.3 Å². The van der Waals surface area contributed by atoms with Gasteiger partial charge in [0.2, 0.25) is 0 Å². The molecule has 0 aliphatic carbocycles. The molecule has 0 saturated heterocycles. The van der Waals surface area contributed by atoms with E-state index < -0.39 is 5.82 Å². The SMILES string of the molecule is CCc1ncc(C(=O)Nc2cccc(F)c2)c(C)n1. The van der Waals surface area contributed by atoms with E-state index in [0.29, 0.717) is 29.2 Å². The maximum atomic E-state index is 13.0. The first kappa shape index (κ1) is 13.1. The van der Waals surface area contributed by atoms with Crippen molar-refractivity contribution in [2.75, 3.05) is 5.32 Å². The van der Waals surface area contributed by atoms with Gasteiger partial charge in [0.05, 0.1) is 11.3 Å². The van der Waals surface area contributed by atoms with Gasteiger partial charge in [0.15, 0.2) is 0 Å². The lowest BCUT2D eigenvalue weighted by Gasteiger charge is -2.07. The van der Waals surface area contributed by atoms with Crippen LogP contribution in [0.5, 0.6) is 0 Å². The minimum Gasteiger partial charge on any atom is -0.322 e. The highest BCUT2D eigenvalue weighted by Crippen LogP contribution is 2.12. The van der Waals surface area contributed by atoms with Crippen LogP contribution in [0.3, 0.4) is 0 Å². The molecule has 2 rings (SSSR count). The molecule has 1 amide bonds. The Morgan fingerprint density at radius 1 is 1.42 bits per heavy atom. The van der Waals surface area contributed by atoms with Crippen LogP contribution >= 0.6 is 0 Å². The third kappa shape index (κ3) is 3.13. The van der Waals surface area contributed by atoms with E-state index in [0.717, 1.165) is 0 Å². The van der Waals surface area contributed by atoms with Gasteiger partial charge in [-0.25, -0.2) is 14.4 Å². The van der Waals surface area contributed by atoms with Crippen LogP contribution in [0.1, 0.15) is 28.8 Å². The van der Waals surface area contributed by atoms with Crippen LogP contribution in [0.15, 0.2) is 30.5 Å². The van der Waals surface area contributed by atoms with Gasteiger partial charge >= 0.3 is 0 Å². The van der Waals surface area contributed by atoms with E-state index in [1.807, 2.05) is 6.92 Å². The molecule has 1 N–H and O–H groups in total. The topological polar surface area (TPSA) is 54.9 Å². The average molecular weight is 259 g/mol. The Kier molecular flexibility index (Phi) is 3.85. The molecule has 2 aromatic rings. The monoisotopic (exact) mass is 259 g/mol. The number of aromatic nitrogens is 2. The fraction of sp³-hybridized carbons (Fsp3) is 0.214. The van der Waals surface area contributed by atoms with Crippen molar-refractivity contribution in [3.05, 3.63) is 53.4 Å². The van der Waals surface area contributed by atoms with Gasteiger partial charge in [-0.05, 0) is 25.1 Å². The minimum absolute atomic E-state index is 0.342. The number of benzene rings is 1. The largest absolute Gasteiger partial charge is 0.322 e. The van der Waals surface area contributed by atoms with E-state index in [1.54, 1.807) is 13.0 Å². The van der Waals surface area contributed by atoms with Crippen molar-refractivity contribution in [3.63, 3.8) is 0 Å². The summed E-state index contributed by atoms with van der Waals surface area (Å²) >= 11 is 0. The average Bonchev–Trinajstić information content (AvgIpc) is 2.38. The number of hydrogen-bond acceptors (Lipinski definition) is 3. The molecule has 0 radical (unpaired) electrons. The Balaban J connectivity index is 2.20. The third-order valence-corrected chi connectivity index (χ3v) is 2.67. The molecule has 4 nitrogen and oxygen atoms in total. The van der Waals surface area contributed by atoms with E-state index >= 15 is 0 Å². The number of aryl methyl sites for hydroxylation is 2. The molecule has 0 unspecified atom stereocenters. The summed E-state index contributed by atoms with van der Waals surface area (Å²) in [7, 11) is 0. The van der Waals surface area contributed by atoms with Crippen LogP contribution in [0.25, 0.3) is 0 Å². The van der Waals surface area contributed by atoms with Crippen molar-refractivity contribution < 1.29 is 9.18 Å². The van der Waals surface area contributed by atoms with Crippen molar-refractivity contribution in [1.29, 1.82) is 0 Å². The van der Waals surface area contributed by atoms with E-state index in [4.69, 9.17) is 0 Å². The molecular formula is C14H14FN3O. The van der Waals surface area contributed by atoms with Crippen LogP contribution in [-0.4, -0.2) is 15.9 Å².